The Kier molecular flexibility index (Phi) is 50.7. The van der Waals surface area contributed by atoms with Crippen LogP contribution in [0.2, 0.25) is 0 Å². The SMILES string of the molecule is CCCCCCCCCCCCCCCCCCC(=O)OC[C@H](COC(=O)CCCCCCCCCCCCCCCC)OC(=O)CCCCCCCCCCCCCCCC. The number of hydrogen-bond donors (Lipinski definition) is 0. The smallest absolute Gasteiger partial charge is 0.306 e. The Labute approximate surface area is 387 Å². The fraction of sp³-hybridized carbons (Fsp3) is 0.946. The van der Waals surface area contributed by atoms with Crippen LogP contribution >= 0.6 is 0 Å². The minimum atomic E-state index is -0.760. The summed E-state index contributed by atoms with van der Waals surface area (Å²) in [6, 6.07) is 0. The summed E-state index contributed by atoms with van der Waals surface area (Å²) in [7, 11) is 0. The van der Waals surface area contributed by atoms with Crippen LogP contribution in [-0.2, 0) is 28.6 Å². The molecule has 0 aliphatic carbocycles. The lowest BCUT2D eigenvalue weighted by Crippen LogP contribution is -2.30. The maximum atomic E-state index is 12.8. The van der Waals surface area contributed by atoms with Gasteiger partial charge in [-0.3, -0.25) is 14.4 Å². The van der Waals surface area contributed by atoms with Gasteiger partial charge in [0.05, 0.1) is 0 Å². The molecule has 62 heavy (non-hydrogen) atoms. The second-order valence-corrected chi connectivity index (χ2v) is 19.2. The van der Waals surface area contributed by atoms with Gasteiger partial charge in [0.1, 0.15) is 13.2 Å². The summed E-state index contributed by atoms with van der Waals surface area (Å²) < 4.78 is 16.9. The van der Waals surface area contributed by atoms with Crippen LogP contribution in [0.5, 0.6) is 0 Å². The molecule has 0 bridgehead atoms. The zero-order valence-corrected chi connectivity index (χ0v) is 42.2. The lowest BCUT2D eigenvalue weighted by atomic mass is 10.0. The molecular weight excluding hydrogens is 769 g/mol. The third kappa shape index (κ3) is 49.4. The second-order valence-electron chi connectivity index (χ2n) is 19.2. The van der Waals surface area contributed by atoms with Gasteiger partial charge in [0, 0.05) is 19.3 Å². The van der Waals surface area contributed by atoms with Crippen molar-refractivity contribution in [1.82, 2.24) is 0 Å². The first kappa shape index (κ1) is 60.4. The van der Waals surface area contributed by atoms with E-state index in [0.717, 1.165) is 57.8 Å². The predicted octanol–water partition coefficient (Wildman–Crippen LogP) is 18.4. The van der Waals surface area contributed by atoms with E-state index in [4.69, 9.17) is 14.2 Å². The van der Waals surface area contributed by atoms with Crippen LogP contribution in [0.3, 0.4) is 0 Å². The Balaban J connectivity index is 4.29. The Morgan fingerprint density at radius 2 is 0.435 bits per heavy atom. The van der Waals surface area contributed by atoms with E-state index in [1.165, 1.54) is 225 Å². The van der Waals surface area contributed by atoms with Crippen molar-refractivity contribution >= 4 is 17.9 Å². The number of carbonyl (C=O) groups is 3. The summed E-state index contributed by atoms with van der Waals surface area (Å²) in [5.74, 6) is -0.834. The second kappa shape index (κ2) is 52.0. The molecule has 6 nitrogen and oxygen atoms in total. The van der Waals surface area contributed by atoms with Crippen molar-refractivity contribution < 1.29 is 28.6 Å². The van der Waals surface area contributed by atoms with E-state index in [0.29, 0.717) is 19.3 Å². The normalized spacial score (nSPS) is 11.9. The average molecular weight is 877 g/mol. The van der Waals surface area contributed by atoms with Crippen LogP contribution in [0, 0.1) is 0 Å². The summed E-state index contributed by atoms with van der Waals surface area (Å²) >= 11 is 0. The fourth-order valence-electron chi connectivity index (χ4n) is 8.62. The summed E-state index contributed by atoms with van der Waals surface area (Å²) in [5, 5.41) is 0. The molecule has 0 amide bonds. The highest BCUT2D eigenvalue weighted by atomic mass is 16.6. The highest BCUT2D eigenvalue weighted by molar-refractivity contribution is 5.71. The van der Waals surface area contributed by atoms with Crippen molar-refractivity contribution in [1.29, 1.82) is 0 Å². The molecule has 0 aromatic rings. The van der Waals surface area contributed by atoms with E-state index in [2.05, 4.69) is 20.8 Å². The summed E-state index contributed by atoms with van der Waals surface area (Å²) in [6.45, 7) is 6.70. The van der Waals surface area contributed by atoms with Crippen LogP contribution in [0.25, 0.3) is 0 Å². The molecule has 0 heterocycles. The standard InChI is InChI=1S/C56H108O6/c1-4-7-10-13-16-19-22-25-28-29-32-34-37-40-43-46-49-55(58)61-52-53(62-56(59)50-47-44-41-38-35-31-27-24-21-18-15-12-9-6-3)51-60-54(57)48-45-42-39-36-33-30-26-23-20-17-14-11-8-5-2/h53H,4-52H2,1-3H3/t53-/m0/s1. The minimum Gasteiger partial charge on any atom is -0.462 e. The highest BCUT2D eigenvalue weighted by Crippen LogP contribution is 2.17. The summed E-state index contributed by atoms with van der Waals surface area (Å²) in [6.07, 6.45) is 56.5. The molecule has 0 fully saturated rings. The molecule has 0 radical (unpaired) electrons. The van der Waals surface area contributed by atoms with E-state index >= 15 is 0 Å². The molecule has 0 spiro atoms. The van der Waals surface area contributed by atoms with Crippen molar-refractivity contribution in [2.75, 3.05) is 13.2 Å². The summed E-state index contributed by atoms with van der Waals surface area (Å²) in [5.41, 5.74) is 0. The Morgan fingerprint density at radius 3 is 0.645 bits per heavy atom. The number of ether oxygens (including phenoxy) is 3. The zero-order chi connectivity index (χ0) is 45.1. The molecule has 0 aromatic carbocycles. The van der Waals surface area contributed by atoms with Gasteiger partial charge in [-0.1, -0.05) is 284 Å². The summed E-state index contributed by atoms with van der Waals surface area (Å²) in [4.78, 5) is 38.1. The van der Waals surface area contributed by atoms with Crippen molar-refractivity contribution in [3.8, 4) is 0 Å². The monoisotopic (exact) mass is 877 g/mol. The lowest BCUT2D eigenvalue weighted by molar-refractivity contribution is -0.167. The number of hydrogen-bond acceptors (Lipinski definition) is 6. The van der Waals surface area contributed by atoms with Crippen LogP contribution in [0.4, 0.5) is 0 Å². The molecular formula is C56H108O6. The Hall–Kier alpha value is -1.59. The van der Waals surface area contributed by atoms with Gasteiger partial charge < -0.3 is 14.2 Å². The maximum Gasteiger partial charge on any atom is 0.306 e. The zero-order valence-electron chi connectivity index (χ0n) is 42.2. The molecule has 0 aliphatic heterocycles. The molecule has 368 valence electrons. The first-order valence-corrected chi connectivity index (χ1v) is 28.0. The molecule has 1 atom stereocenters. The topological polar surface area (TPSA) is 78.9 Å². The van der Waals surface area contributed by atoms with Crippen LogP contribution in [-0.4, -0.2) is 37.2 Å². The van der Waals surface area contributed by atoms with E-state index < -0.39 is 6.10 Å². The molecule has 0 aliphatic rings. The third-order valence-electron chi connectivity index (χ3n) is 12.9. The molecule has 0 saturated carbocycles. The Bertz CT molecular complexity index is 920. The molecule has 0 N–H and O–H groups in total. The van der Waals surface area contributed by atoms with Crippen LogP contribution < -0.4 is 0 Å². The molecule has 0 rings (SSSR count). The van der Waals surface area contributed by atoms with E-state index in [-0.39, 0.29) is 31.1 Å². The average Bonchev–Trinajstić information content (AvgIpc) is 3.27. The van der Waals surface area contributed by atoms with Crippen molar-refractivity contribution in [2.24, 2.45) is 0 Å². The number of rotatable bonds is 52. The van der Waals surface area contributed by atoms with Gasteiger partial charge in [0.15, 0.2) is 6.10 Å². The number of esters is 3. The quantitative estimate of drug-likeness (QED) is 0.0344. The Morgan fingerprint density at radius 1 is 0.258 bits per heavy atom. The van der Waals surface area contributed by atoms with Crippen molar-refractivity contribution in [2.45, 2.75) is 329 Å². The van der Waals surface area contributed by atoms with E-state index in [1.54, 1.807) is 0 Å². The van der Waals surface area contributed by atoms with Gasteiger partial charge in [-0.05, 0) is 19.3 Å². The van der Waals surface area contributed by atoms with Crippen LogP contribution in [0.1, 0.15) is 323 Å². The highest BCUT2D eigenvalue weighted by Gasteiger charge is 2.19. The number of unbranched alkanes of at least 4 members (excludes halogenated alkanes) is 41. The van der Waals surface area contributed by atoms with Gasteiger partial charge in [0.2, 0.25) is 0 Å². The molecule has 0 aromatic heterocycles. The van der Waals surface area contributed by atoms with Crippen molar-refractivity contribution in [3.05, 3.63) is 0 Å². The van der Waals surface area contributed by atoms with E-state index in [9.17, 15) is 14.4 Å². The molecule has 0 unspecified atom stereocenters. The van der Waals surface area contributed by atoms with Gasteiger partial charge >= 0.3 is 17.9 Å². The minimum absolute atomic E-state index is 0.0612. The van der Waals surface area contributed by atoms with Gasteiger partial charge in [-0.15, -0.1) is 0 Å². The van der Waals surface area contributed by atoms with Crippen LogP contribution in [0.15, 0.2) is 0 Å². The molecule has 6 heteroatoms. The van der Waals surface area contributed by atoms with Crippen molar-refractivity contribution in [3.63, 3.8) is 0 Å². The fourth-order valence-corrected chi connectivity index (χ4v) is 8.62. The molecule has 0 saturated heterocycles. The van der Waals surface area contributed by atoms with Gasteiger partial charge in [-0.25, -0.2) is 0 Å². The van der Waals surface area contributed by atoms with Gasteiger partial charge in [-0.2, -0.15) is 0 Å². The first-order valence-electron chi connectivity index (χ1n) is 28.0. The van der Waals surface area contributed by atoms with E-state index in [1.807, 2.05) is 0 Å². The number of carbonyl (C=O) groups excluding carboxylic acids is 3. The first-order chi connectivity index (χ1) is 30.5. The van der Waals surface area contributed by atoms with Gasteiger partial charge in [0.25, 0.3) is 0 Å². The largest absolute Gasteiger partial charge is 0.462 e. The lowest BCUT2D eigenvalue weighted by Gasteiger charge is -2.18. The predicted molar refractivity (Wildman–Crippen MR) is 266 cm³/mol. The third-order valence-corrected chi connectivity index (χ3v) is 12.9. The maximum absolute atomic E-state index is 12.8.